The van der Waals surface area contributed by atoms with Crippen molar-refractivity contribution in [1.82, 2.24) is 4.72 Å². The van der Waals surface area contributed by atoms with Gasteiger partial charge < -0.3 is 4.74 Å². The fourth-order valence-corrected chi connectivity index (χ4v) is 4.36. The van der Waals surface area contributed by atoms with Crippen LogP contribution in [0.2, 0.25) is 5.02 Å². The third-order valence-corrected chi connectivity index (χ3v) is 6.01. The van der Waals surface area contributed by atoms with Crippen molar-refractivity contribution in [3.8, 4) is 16.9 Å². The average molecular weight is 458 g/mol. The third kappa shape index (κ3) is 4.78. The maximum absolute atomic E-state index is 12.8. The Morgan fingerprint density at radius 2 is 1.90 bits per heavy atom. The highest BCUT2D eigenvalue weighted by molar-refractivity contribution is 8.13. The van der Waals surface area contributed by atoms with Gasteiger partial charge in [-0.2, -0.15) is 8.78 Å². The number of rotatable bonds is 5. The Kier molecular flexibility index (Phi) is 6.27. The number of ether oxygens (including phenoxy) is 1. The molecule has 0 aliphatic carbocycles. The molecule has 4 N–H and O–H groups in total. The van der Waals surface area contributed by atoms with Gasteiger partial charge in [0.25, 0.3) is 10.0 Å². The molecular formula is C18H14ClF2N3O3S2. The molecule has 0 radical (unpaired) electrons. The molecule has 3 aromatic rings. The van der Waals surface area contributed by atoms with Crippen molar-refractivity contribution < 1.29 is 21.9 Å². The monoisotopic (exact) mass is 457 g/mol. The predicted molar refractivity (Wildman–Crippen MR) is 111 cm³/mol. The van der Waals surface area contributed by atoms with Crippen LogP contribution in [0.25, 0.3) is 21.9 Å². The molecule has 152 valence electrons. The Morgan fingerprint density at radius 3 is 2.59 bits per heavy atom. The first kappa shape index (κ1) is 21.3. The lowest BCUT2D eigenvalue weighted by molar-refractivity contribution is -0.0494. The molecule has 0 unspecified atom stereocenters. The zero-order valence-corrected chi connectivity index (χ0v) is 16.9. The number of benzene rings is 3. The lowest BCUT2D eigenvalue weighted by atomic mass is 9.97. The summed E-state index contributed by atoms with van der Waals surface area (Å²) in [6.45, 7) is -3.03. The molecule has 0 saturated heterocycles. The van der Waals surface area contributed by atoms with Crippen LogP contribution in [0.1, 0.15) is 0 Å². The molecule has 11 heteroatoms. The molecule has 0 fully saturated rings. The van der Waals surface area contributed by atoms with Crippen LogP contribution in [0.3, 0.4) is 0 Å². The van der Waals surface area contributed by atoms with Crippen molar-refractivity contribution in [2.24, 2.45) is 5.14 Å². The fraction of sp³-hybridized carbons (Fsp3) is 0.0556. The Bertz CT molecular complexity index is 1190. The van der Waals surface area contributed by atoms with Gasteiger partial charge in [0.2, 0.25) is 0 Å². The van der Waals surface area contributed by atoms with Gasteiger partial charge in [-0.25, -0.2) is 8.42 Å². The molecule has 3 rings (SSSR count). The van der Waals surface area contributed by atoms with Gasteiger partial charge in [-0.1, -0.05) is 35.9 Å². The zero-order valence-electron chi connectivity index (χ0n) is 14.5. The second kappa shape index (κ2) is 8.54. The standard InChI is InChI=1S/C18H14ClF2N3O3S2/c19-11-4-6-15(16(9-11)27-17(20)21)14-3-1-2-10-8-12(5-7-13(10)14)29(25,26)24-18(22)28-23/h1-9,17H,23H2,(H2,22,24). The Hall–Kier alpha value is -2.40. The molecule has 3 aromatic carbocycles. The fourth-order valence-electron chi connectivity index (χ4n) is 2.78. The van der Waals surface area contributed by atoms with Gasteiger partial charge in [0.1, 0.15) is 5.75 Å². The summed E-state index contributed by atoms with van der Waals surface area (Å²) in [6.07, 6.45) is 0. The maximum Gasteiger partial charge on any atom is 0.387 e. The maximum atomic E-state index is 12.8. The summed E-state index contributed by atoms with van der Waals surface area (Å²) in [4.78, 5) is -0.0684. The SMILES string of the molecule is N=C(NS(=O)(=O)c1ccc2c(-c3ccc(Cl)cc3OC(F)F)cccc2c1)SN. The van der Waals surface area contributed by atoms with Crippen molar-refractivity contribution in [3.63, 3.8) is 0 Å². The summed E-state index contributed by atoms with van der Waals surface area (Å²) in [5.74, 6) is -0.0909. The van der Waals surface area contributed by atoms with Gasteiger partial charge in [-0.15, -0.1) is 0 Å². The van der Waals surface area contributed by atoms with Gasteiger partial charge in [-0.3, -0.25) is 15.3 Å². The van der Waals surface area contributed by atoms with Crippen LogP contribution in [-0.2, 0) is 10.0 Å². The lowest BCUT2D eigenvalue weighted by Gasteiger charge is -2.14. The van der Waals surface area contributed by atoms with Gasteiger partial charge in [-0.05, 0) is 58.6 Å². The molecule has 6 nitrogen and oxygen atoms in total. The Labute approximate surface area is 174 Å². The molecule has 0 heterocycles. The van der Waals surface area contributed by atoms with Crippen molar-refractivity contribution in [2.75, 3.05) is 0 Å². The molecule has 29 heavy (non-hydrogen) atoms. The van der Waals surface area contributed by atoms with Gasteiger partial charge in [0.05, 0.1) is 4.90 Å². The minimum absolute atomic E-state index is 0.0684. The number of nitrogens with two attached hydrogens (primary N) is 1. The zero-order chi connectivity index (χ0) is 21.2. The Morgan fingerprint density at radius 1 is 1.14 bits per heavy atom. The number of halogens is 3. The van der Waals surface area contributed by atoms with E-state index in [-0.39, 0.29) is 15.7 Å². The molecule has 0 aliphatic rings. The van der Waals surface area contributed by atoms with Gasteiger partial charge >= 0.3 is 6.61 Å². The first-order valence-corrected chi connectivity index (χ1v) is 10.7. The van der Waals surface area contributed by atoms with Gasteiger partial charge in [0, 0.05) is 10.6 Å². The van der Waals surface area contributed by atoms with E-state index in [4.69, 9.17) is 22.1 Å². The van der Waals surface area contributed by atoms with Crippen molar-refractivity contribution in [2.45, 2.75) is 11.5 Å². The van der Waals surface area contributed by atoms with E-state index in [0.29, 0.717) is 33.8 Å². The highest BCUT2D eigenvalue weighted by atomic mass is 35.5. The average Bonchev–Trinajstić information content (AvgIpc) is 2.66. The second-order valence-electron chi connectivity index (χ2n) is 5.76. The normalized spacial score (nSPS) is 11.6. The molecule has 0 saturated carbocycles. The topological polar surface area (TPSA) is 105 Å². The van der Waals surface area contributed by atoms with Crippen LogP contribution in [0.15, 0.2) is 59.5 Å². The van der Waals surface area contributed by atoms with Crippen LogP contribution in [0.4, 0.5) is 8.78 Å². The van der Waals surface area contributed by atoms with Crippen LogP contribution < -0.4 is 14.6 Å². The second-order valence-corrected chi connectivity index (χ2v) is 8.52. The summed E-state index contributed by atoms with van der Waals surface area (Å²) in [5.41, 5.74) is 0.951. The van der Waals surface area contributed by atoms with Crippen LogP contribution >= 0.6 is 23.5 Å². The molecule has 0 aliphatic heterocycles. The van der Waals surface area contributed by atoms with Crippen LogP contribution in [0.5, 0.6) is 5.75 Å². The number of fused-ring (bicyclic) bond motifs is 1. The molecular weight excluding hydrogens is 444 g/mol. The number of hydrogen-bond donors (Lipinski definition) is 3. The smallest absolute Gasteiger partial charge is 0.387 e. The molecule has 0 aromatic heterocycles. The minimum atomic E-state index is -3.99. The van der Waals surface area contributed by atoms with Crippen molar-refractivity contribution in [1.29, 1.82) is 5.41 Å². The summed E-state index contributed by atoms with van der Waals surface area (Å²) < 4.78 is 57.0. The summed E-state index contributed by atoms with van der Waals surface area (Å²) in [6, 6.07) is 13.8. The lowest BCUT2D eigenvalue weighted by Crippen LogP contribution is -2.28. The number of hydrogen-bond acceptors (Lipinski definition) is 6. The quantitative estimate of drug-likeness (QED) is 0.295. The van der Waals surface area contributed by atoms with Crippen molar-refractivity contribution in [3.05, 3.63) is 59.6 Å². The van der Waals surface area contributed by atoms with E-state index in [1.54, 1.807) is 36.4 Å². The number of amidine groups is 1. The minimum Gasteiger partial charge on any atom is -0.434 e. The van der Waals surface area contributed by atoms with E-state index in [0.717, 1.165) is 0 Å². The van der Waals surface area contributed by atoms with E-state index in [1.807, 2.05) is 4.72 Å². The van der Waals surface area contributed by atoms with E-state index >= 15 is 0 Å². The van der Waals surface area contributed by atoms with E-state index in [1.165, 1.54) is 18.2 Å². The highest BCUT2D eigenvalue weighted by Gasteiger charge is 2.18. The number of alkyl halides is 2. The largest absolute Gasteiger partial charge is 0.434 e. The Balaban J connectivity index is 2.12. The highest BCUT2D eigenvalue weighted by Crippen LogP contribution is 2.38. The third-order valence-electron chi connectivity index (χ3n) is 3.96. The van der Waals surface area contributed by atoms with E-state index < -0.39 is 21.8 Å². The summed E-state index contributed by atoms with van der Waals surface area (Å²) in [7, 11) is -3.99. The van der Waals surface area contributed by atoms with Gasteiger partial charge in [0.15, 0.2) is 5.17 Å². The number of sulfonamides is 1. The molecule has 0 atom stereocenters. The van der Waals surface area contributed by atoms with Crippen LogP contribution in [0, 0.1) is 5.41 Å². The molecule has 0 amide bonds. The summed E-state index contributed by atoms with van der Waals surface area (Å²) >= 11 is 6.37. The van der Waals surface area contributed by atoms with Crippen molar-refractivity contribution >= 4 is 49.5 Å². The first-order valence-electron chi connectivity index (χ1n) is 7.97. The number of nitrogens with one attached hydrogen (secondary N) is 2. The first-order chi connectivity index (χ1) is 13.7. The molecule has 0 bridgehead atoms. The molecule has 0 spiro atoms. The summed E-state index contributed by atoms with van der Waals surface area (Å²) in [5, 5.41) is 13.6. The van der Waals surface area contributed by atoms with E-state index in [2.05, 4.69) is 4.74 Å². The van der Waals surface area contributed by atoms with Crippen LogP contribution in [-0.4, -0.2) is 20.2 Å². The predicted octanol–water partition coefficient (Wildman–Crippen LogP) is 4.58. The van der Waals surface area contributed by atoms with E-state index in [9.17, 15) is 17.2 Å².